The van der Waals surface area contributed by atoms with Crippen molar-refractivity contribution in [2.24, 2.45) is 0 Å². The Bertz CT molecular complexity index is 1410. The average Bonchev–Trinajstić information content (AvgIpc) is 3.40. The van der Waals surface area contributed by atoms with Gasteiger partial charge in [-0.2, -0.15) is 5.10 Å². The van der Waals surface area contributed by atoms with Gasteiger partial charge in [-0.1, -0.05) is 29.8 Å². The molecule has 34 heavy (non-hydrogen) atoms. The fraction of sp³-hybridized carbons (Fsp3) is 0.269. The number of hydrogen-bond donors (Lipinski definition) is 0. The molecule has 4 aromatic rings. The Kier molecular flexibility index (Phi) is 5.78. The number of aromatic nitrogens is 2. The molecule has 1 fully saturated rings. The fourth-order valence-corrected chi connectivity index (χ4v) is 6.33. The van der Waals surface area contributed by atoms with Crippen LogP contribution >= 0.6 is 22.9 Å². The molecule has 5 nitrogen and oxygen atoms in total. The van der Waals surface area contributed by atoms with Crippen molar-refractivity contribution >= 4 is 44.8 Å². The van der Waals surface area contributed by atoms with E-state index >= 15 is 0 Å². The molecule has 1 amide bonds. The second-order valence-electron chi connectivity index (χ2n) is 8.64. The maximum atomic E-state index is 13.8. The third-order valence-electron chi connectivity index (χ3n) is 6.68. The predicted molar refractivity (Wildman–Crippen MR) is 132 cm³/mol. The summed E-state index contributed by atoms with van der Waals surface area (Å²) in [7, 11) is 1.69. The zero-order chi connectivity index (χ0) is 24.0. The lowest BCUT2D eigenvalue weighted by Gasteiger charge is -2.43. The zero-order valence-electron chi connectivity index (χ0n) is 18.8. The highest BCUT2D eigenvalue weighted by atomic mass is 35.5. The minimum absolute atomic E-state index is 0.0116. The molecular formula is C26H23ClFN3O2S. The van der Waals surface area contributed by atoms with Gasteiger partial charge in [0.25, 0.3) is 5.91 Å². The van der Waals surface area contributed by atoms with E-state index in [9.17, 15) is 14.0 Å². The maximum Gasteiger partial charge on any atom is 0.264 e. The van der Waals surface area contributed by atoms with Gasteiger partial charge in [0.05, 0.1) is 16.3 Å². The van der Waals surface area contributed by atoms with Crippen LogP contribution in [0, 0.1) is 12.7 Å². The summed E-state index contributed by atoms with van der Waals surface area (Å²) in [6.45, 7) is 1.88. The Morgan fingerprint density at radius 2 is 1.91 bits per heavy atom. The normalized spacial score (nSPS) is 18.4. The molecule has 1 aliphatic carbocycles. The number of thiophene rings is 1. The molecule has 0 aliphatic heterocycles. The van der Waals surface area contributed by atoms with Crippen LogP contribution in [0.4, 0.5) is 4.39 Å². The van der Waals surface area contributed by atoms with Crippen molar-refractivity contribution in [3.63, 3.8) is 0 Å². The van der Waals surface area contributed by atoms with Crippen molar-refractivity contribution in [1.29, 1.82) is 0 Å². The Balaban J connectivity index is 1.59. The smallest absolute Gasteiger partial charge is 0.264 e. The van der Waals surface area contributed by atoms with E-state index in [0.717, 1.165) is 28.8 Å². The van der Waals surface area contributed by atoms with Gasteiger partial charge in [0.1, 0.15) is 16.2 Å². The monoisotopic (exact) mass is 495 g/mol. The average molecular weight is 496 g/mol. The highest BCUT2D eigenvalue weighted by Gasteiger charge is 2.48. The third-order valence-corrected chi connectivity index (χ3v) is 8.11. The summed E-state index contributed by atoms with van der Waals surface area (Å²) in [6.07, 6.45) is 2.58. The summed E-state index contributed by atoms with van der Waals surface area (Å²) in [4.78, 5) is 30.1. The van der Waals surface area contributed by atoms with Crippen LogP contribution in [0.5, 0.6) is 0 Å². The molecule has 0 saturated heterocycles. The molecule has 0 N–H and O–H groups in total. The van der Waals surface area contributed by atoms with E-state index in [2.05, 4.69) is 5.10 Å². The first kappa shape index (κ1) is 22.7. The number of carbonyl (C=O) groups is 2. The molecule has 8 heteroatoms. The van der Waals surface area contributed by atoms with Crippen molar-refractivity contribution in [1.82, 2.24) is 14.7 Å². The SMILES string of the molecule is Cc1nn(-c2ccc(F)cc2)c2sc(C(=O)N(C)C3(c4ccccc4Cl)CCCCC3=O)cc12. The van der Waals surface area contributed by atoms with E-state index in [4.69, 9.17) is 11.6 Å². The number of carbonyl (C=O) groups excluding carboxylic acids is 2. The number of Topliss-reactive ketones (excluding diaryl/α,β-unsaturated/α-hetero) is 1. The van der Waals surface area contributed by atoms with Crippen molar-refractivity contribution in [2.75, 3.05) is 7.05 Å². The van der Waals surface area contributed by atoms with Gasteiger partial charge in [-0.05, 0) is 62.6 Å². The Morgan fingerprint density at radius 3 is 2.62 bits per heavy atom. The standard InChI is InChI=1S/C26H23ClFN3O2S/c1-16-19-15-22(34-25(19)31(29-16)18-12-10-17(28)11-13-18)24(33)30(2)26(14-6-5-9-23(26)32)20-7-3-4-8-21(20)27/h3-4,7-8,10-13,15H,5-6,9,14H2,1-2H3. The lowest BCUT2D eigenvalue weighted by Crippen LogP contribution is -2.54. The summed E-state index contributed by atoms with van der Waals surface area (Å²) < 4.78 is 15.1. The van der Waals surface area contributed by atoms with E-state index in [0.29, 0.717) is 34.0 Å². The highest BCUT2D eigenvalue weighted by Crippen LogP contribution is 2.43. The first-order chi connectivity index (χ1) is 16.3. The molecule has 1 atom stereocenters. The van der Waals surface area contributed by atoms with E-state index < -0.39 is 5.54 Å². The molecule has 1 unspecified atom stereocenters. The van der Waals surface area contributed by atoms with E-state index in [1.807, 2.05) is 31.2 Å². The number of amides is 1. The Morgan fingerprint density at radius 1 is 1.18 bits per heavy atom. The Labute approximate surface area is 205 Å². The minimum Gasteiger partial charge on any atom is -0.324 e. The molecular weight excluding hydrogens is 473 g/mol. The zero-order valence-corrected chi connectivity index (χ0v) is 20.4. The van der Waals surface area contributed by atoms with Crippen LogP contribution in [-0.4, -0.2) is 33.4 Å². The third kappa shape index (κ3) is 3.54. The van der Waals surface area contributed by atoms with Gasteiger partial charge in [-0.15, -0.1) is 11.3 Å². The molecule has 5 rings (SSSR count). The summed E-state index contributed by atoms with van der Waals surface area (Å²) in [6, 6.07) is 15.2. The molecule has 0 radical (unpaired) electrons. The van der Waals surface area contributed by atoms with Gasteiger partial charge in [0.2, 0.25) is 0 Å². The van der Waals surface area contributed by atoms with Crippen LogP contribution < -0.4 is 0 Å². The van der Waals surface area contributed by atoms with Crippen molar-refractivity contribution in [3.8, 4) is 5.69 Å². The fourth-order valence-electron chi connectivity index (χ4n) is 4.88. The second-order valence-corrected chi connectivity index (χ2v) is 10.1. The van der Waals surface area contributed by atoms with Crippen molar-refractivity contribution in [2.45, 2.75) is 38.1 Å². The van der Waals surface area contributed by atoms with Gasteiger partial charge >= 0.3 is 0 Å². The van der Waals surface area contributed by atoms with Crippen molar-refractivity contribution in [3.05, 3.63) is 81.6 Å². The lowest BCUT2D eigenvalue weighted by atomic mass is 9.74. The maximum absolute atomic E-state index is 13.8. The van der Waals surface area contributed by atoms with Crippen LogP contribution in [0.1, 0.15) is 46.6 Å². The minimum atomic E-state index is -1.10. The highest BCUT2D eigenvalue weighted by molar-refractivity contribution is 7.20. The van der Waals surface area contributed by atoms with Gasteiger partial charge < -0.3 is 4.90 Å². The van der Waals surface area contributed by atoms with Gasteiger partial charge in [-0.25, -0.2) is 9.07 Å². The second kappa shape index (κ2) is 8.64. The Hall–Kier alpha value is -3.03. The molecule has 1 aliphatic rings. The summed E-state index contributed by atoms with van der Waals surface area (Å²) in [5.41, 5.74) is 1.06. The van der Waals surface area contributed by atoms with E-state index in [1.165, 1.54) is 23.5 Å². The largest absolute Gasteiger partial charge is 0.324 e. The van der Waals surface area contributed by atoms with Crippen LogP contribution in [0.2, 0.25) is 5.02 Å². The number of nitrogens with zero attached hydrogens (tertiary/aromatic N) is 3. The number of ketones is 1. The molecule has 174 valence electrons. The molecule has 2 aromatic heterocycles. The number of fused-ring (bicyclic) bond motifs is 1. The summed E-state index contributed by atoms with van der Waals surface area (Å²) in [5.74, 6) is -0.548. The molecule has 1 saturated carbocycles. The van der Waals surface area contributed by atoms with Crippen LogP contribution in [-0.2, 0) is 10.3 Å². The van der Waals surface area contributed by atoms with Gasteiger partial charge in [-0.3, -0.25) is 9.59 Å². The number of halogens is 2. The molecule has 2 heterocycles. The van der Waals surface area contributed by atoms with Crippen LogP contribution in [0.3, 0.4) is 0 Å². The molecule has 2 aromatic carbocycles. The number of benzene rings is 2. The van der Waals surface area contributed by atoms with Crippen LogP contribution in [0.25, 0.3) is 15.9 Å². The first-order valence-electron chi connectivity index (χ1n) is 11.1. The number of likely N-dealkylation sites (N-methyl/N-ethyl adjacent to an activating group) is 1. The summed E-state index contributed by atoms with van der Waals surface area (Å²) >= 11 is 7.86. The number of rotatable bonds is 4. The number of hydrogen-bond acceptors (Lipinski definition) is 4. The lowest BCUT2D eigenvalue weighted by molar-refractivity contribution is -0.132. The number of aryl methyl sites for hydroxylation is 1. The van der Waals surface area contributed by atoms with Gasteiger partial charge in [0, 0.05) is 29.4 Å². The van der Waals surface area contributed by atoms with Crippen molar-refractivity contribution < 1.29 is 14.0 Å². The topological polar surface area (TPSA) is 55.2 Å². The van der Waals surface area contributed by atoms with Gasteiger partial charge in [0.15, 0.2) is 5.78 Å². The summed E-state index contributed by atoms with van der Waals surface area (Å²) in [5, 5.41) is 5.92. The van der Waals surface area contributed by atoms with Crippen LogP contribution in [0.15, 0.2) is 54.6 Å². The quantitative estimate of drug-likeness (QED) is 0.334. The first-order valence-corrected chi connectivity index (χ1v) is 12.3. The predicted octanol–water partition coefficient (Wildman–Crippen LogP) is 6.30. The molecule has 0 spiro atoms. The van der Waals surface area contributed by atoms with E-state index in [-0.39, 0.29) is 17.5 Å². The van der Waals surface area contributed by atoms with E-state index in [1.54, 1.807) is 34.8 Å². The molecule has 0 bridgehead atoms.